The molecule has 0 bridgehead atoms. The molecule has 0 atom stereocenters. The summed E-state index contributed by atoms with van der Waals surface area (Å²) in [6.45, 7) is 4.14. The van der Waals surface area contributed by atoms with E-state index in [0.717, 1.165) is 5.56 Å². The first-order valence-corrected chi connectivity index (χ1v) is 4.80. The van der Waals surface area contributed by atoms with Crippen molar-refractivity contribution in [3.8, 4) is 0 Å². The maximum Gasteiger partial charge on any atom is 0.171 e. The van der Waals surface area contributed by atoms with Crippen LogP contribution in [0.2, 0.25) is 0 Å². The molecule has 0 fully saturated rings. The van der Waals surface area contributed by atoms with Gasteiger partial charge in [0.15, 0.2) is 11.6 Å². The lowest BCUT2D eigenvalue weighted by molar-refractivity contribution is 0.0923. The Kier molecular flexibility index (Phi) is 1.99. The summed E-state index contributed by atoms with van der Waals surface area (Å²) in [5.41, 5.74) is 2.33. The van der Waals surface area contributed by atoms with E-state index in [0.29, 0.717) is 17.0 Å². The number of Topliss-reactive ketones (excluding diaryl/α,β-unsaturated/α-hetero) is 2. The SMILES string of the molecule is CC(C)c1ccc2c(c1)C(=O)CC2=O. The number of hydrogen-bond donors (Lipinski definition) is 0. The molecule has 0 saturated heterocycles. The normalized spacial score (nSPS) is 15.1. The van der Waals surface area contributed by atoms with E-state index < -0.39 is 0 Å². The second-order valence-corrected chi connectivity index (χ2v) is 3.98. The number of benzene rings is 1. The standard InChI is InChI=1S/C12H12O2/c1-7(2)8-3-4-9-10(5-8)12(14)6-11(9)13/h3-5,7H,6H2,1-2H3. The van der Waals surface area contributed by atoms with Crippen LogP contribution in [-0.4, -0.2) is 11.6 Å². The molecule has 0 N–H and O–H groups in total. The predicted octanol–water partition coefficient (Wildman–Crippen LogP) is 2.58. The zero-order valence-corrected chi connectivity index (χ0v) is 8.33. The average Bonchev–Trinajstić information content (AvgIpc) is 2.42. The second-order valence-electron chi connectivity index (χ2n) is 3.98. The van der Waals surface area contributed by atoms with Crippen molar-refractivity contribution in [3.05, 3.63) is 34.9 Å². The fourth-order valence-corrected chi connectivity index (χ4v) is 1.73. The summed E-state index contributed by atoms with van der Waals surface area (Å²) in [5, 5.41) is 0. The van der Waals surface area contributed by atoms with Gasteiger partial charge < -0.3 is 0 Å². The van der Waals surface area contributed by atoms with Gasteiger partial charge in [-0.2, -0.15) is 0 Å². The number of ketones is 2. The van der Waals surface area contributed by atoms with Gasteiger partial charge in [0.2, 0.25) is 0 Å². The molecule has 0 aromatic heterocycles. The Bertz CT molecular complexity index is 416. The van der Waals surface area contributed by atoms with Crippen molar-refractivity contribution in [3.63, 3.8) is 0 Å². The highest BCUT2D eigenvalue weighted by atomic mass is 16.2. The van der Waals surface area contributed by atoms with Crippen molar-refractivity contribution in [2.24, 2.45) is 0 Å². The van der Waals surface area contributed by atoms with Gasteiger partial charge >= 0.3 is 0 Å². The zero-order valence-electron chi connectivity index (χ0n) is 8.33. The topological polar surface area (TPSA) is 34.1 Å². The maximum absolute atomic E-state index is 11.4. The van der Waals surface area contributed by atoms with E-state index in [-0.39, 0.29) is 18.0 Å². The molecule has 0 radical (unpaired) electrons. The van der Waals surface area contributed by atoms with Gasteiger partial charge in [0, 0.05) is 11.1 Å². The van der Waals surface area contributed by atoms with Gasteiger partial charge in [-0.25, -0.2) is 0 Å². The lowest BCUT2D eigenvalue weighted by Crippen LogP contribution is -1.95. The number of hydrogen-bond acceptors (Lipinski definition) is 2. The number of carbonyl (C=O) groups is 2. The Morgan fingerprint density at radius 2 is 1.71 bits per heavy atom. The van der Waals surface area contributed by atoms with Gasteiger partial charge in [-0.05, 0) is 17.5 Å². The monoisotopic (exact) mass is 188 g/mol. The van der Waals surface area contributed by atoms with Crippen molar-refractivity contribution in [1.82, 2.24) is 0 Å². The van der Waals surface area contributed by atoms with E-state index in [1.165, 1.54) is 0 Å². The number of carbonyl (C=O) groups excluding carboxylic acids is 2. The summed E-state index contributed by atoms with van der Waals surface area (Å²) in [5.74, 6) is 0.316. The Balaban J connectivity index is 2.55. The van der Waals surface area contributed by atoms with E-state index in [2.05, 4.69) is 13.8 Å². The largest absolute Gasteiger partial charge is 0.294 e. The molecule has 0 aliphatic heterocycles. The molecule has 1 aromatic rings. The maximum atomic E-state index is 11.4. The molecule has 72 valence electrons. The lowest BCUT2D eigenvalue weighted by Gasteiger charge is -2.06. The van der Waals surface area contributed by atoms with Gasteiger partial charge in [-0.3, -0.25) is 9.59 Å². The quantitative estimate of drug-likeness (QED) is 0.635. The fraction of sp³-hybridized carbons (Fsp3) is 0.333. The summed E-state index contributed by atoms with van der Waals surface area (Å²) in [6.07, 6.45) is 0.0525. The Labute approximate surface area is 82.9 Å². The van der Waals surface area contributed by atoms with Crippen LogP contribution in [0.1, 0.15) is 52.5 Å². The Morgan fingerprint density at radius 1 is 1.07 bits per heavy atom. The van der Waals surface area contributed by atoms with Gasteiger partial charge in [0.1, 0.15) is 0 Å². The van der Waals surface area contributed by atoms with Crippen LogP contribution in [0, 0.1) is 0 Å². The minimum absolute atomic E-state index is 0.0347. The van der Waals surface area contributed by atoms with Crippen molar-refractivity contribution < 1.29 is 9.59 Å². The van der Waals surface area contributed by atoms with Crippen LogP contribution in [0.4, 0.5) is 0 Å². The van der Waals surface area contributed by atoms with Gasteiger partial charge in [-0.1, -0.05) is 26.0 Å². The van der Waals surface area contributed by atoms with E-state index in [1.807, 2.05) is 12.1 Å². The van der Waals surface area contributed by atoms with Crippen LogP contribution in [0.5, 0.6) is 0 Å². The molecule has 0 amide bonds. The number of rotatable bonds is 1. The molecule has 0 heterocycles. The molecule has 2 heteroatoms. The predicted molar refractivity (Wildman–Crippen MR) is 53.8 cm³/mol. The van der Waals surface area contributed by atoms with E-state index in [4.69, 9.17) is 0 Å². The molecular formula is C12H12O2. The number of fused-ring (bicyclic) bond motifs is 1. The summed E-state index contributed by atoms with van der Waals surface area (Å²) < 4.78 is 0. The Hall–Kier alpha value is -1.44. The second kappa shape index (κ2) is 3.05. The van der Waals surface area contributed by atoms with Crippen molar-refractivity contribution in [1.29, 1.82) is 0 Å². The van der Waals surface area contributed by atoms with Crippen LogP contribution >= 0.6 is 0 Å². The molecule has 0 spiro atoms. The third-order valence-electron chi connectivity index (χ3n) is 2.63. The molecule has 0 unspecified atom stereocenters. The summed E-state index contributed by atoms with van der Waals surface area (Å²) >= 11 is 0. The highest BCUT2D eigenvalue weighted by Crippen LogP contribution is 2.25. The molecule has 2 rings (SSSR count). The van der Waals surface area contributed by atoms with Crippen LogP contribution in [-0.2, 0) is 0 Å². The molecular weight excluding hydrogens is 176 g/mol. The molecule has 1 aromatic carbocycles. The van der Waals surface area contributed by atoms with E-state index >= 15 is 0 Å². The molecule has 1 aliphatic rings. The first kappa shape index (κ1) is 9.13. The van der Waals surface area contributed by atoms with Crippen LogP contribution < -0.4 is 0 Å². The summed E-state index contributed by atoms with van der Waals surface area (Å²) in [4.78, 5) is 22.8. The summed E-state index contributed by atoms with van der Waals surface area (Å²) in [7, 11) is 0. The lowest BCUT2D eigenvalue weighted by atomic mass is 9.98. The van der Waals surface area contributed by atoms with Crippen LogP contribution in [0.15, 0.2) is 18.2 Å². The van der Waals surface area contributed by atoms with E-state index in [9.17, 15) is 9.59 Å². The highest BCUT2D eigenvalue weighted by Gasteiger charge is 2.27. The smallest absolute Gasteiger partial charge is 0.171 e. The molecule has 1 aliphatic carbocycles. The molecule has 0 saturated carbocycles. The van der Waals surface area contributed by atoms with Crippen LogP contribution in [0.3, 0.4) is 0 Å². The minimum Gasteiger partial charge on any atom is -0.294 e. The van der Waals surface area contributed by atoms with Gasteiger partial charge in [0.25, 0.3) is 0 Å². The molecule has 14 heavy (non-hydrogen) atoms. The summed E-state index contributed by atoms with van der Waals surface area (Å²) in [6, 6.07) is 5.56. The highest BCUT2D eigenvalue weighted by molar-refractivity contribution is 6.24. The van der Waals surface area contributed by atoms with Gasteiger partial charge in [-0.15, -0.1) is 0 Å². The zero-order chi connectivity index (χ0) is 10.3. The minimum atomic E-state index is -0.0414. The van der Waals surface area contributed by atoms with Crippen LogP contribution in [0.25, 0.3) is 0 Å². The van der Waals surface area contributed by atoms with E-state index in [1.54, 1.807) is 6.07 Å². The average molecular weight is 188 g/mol. The van der Waals surface area contributed by atoms with Crippen molar-refractivity contribution in [2.45, 2.75) is 26.2 Å². The first-order chi connectivity index (χ1) is 6.59. The third-order valence-corrected chi connectivity index (χ3v) is 2.63. The Morgan fingerprint density at radius 3 is 2.36 bits per heavy atom. The fourth-order valence-electron chi connectivity index (χ4n) is 1.73. The van der Waals surface area contributed by atoms with Crippen molar-refractivity contribution >= 4 is 11.6 Å². The van der Waals surface area contributed by atoms with Gasteiger partial charge in [0.05, 0.1) is 6.42 Å². The first-order valence-electron chi connectivity index (χ1n) is 4.80. The van der Waals surface area contributed by atoms with Crippen molar-refractivity contribution in [2.75, 3.05) is 0 Å². The third kappa shape index (κ3) is 1.27. The molecule has 2 nitrogen and oxygen atoms in total.